The van der Waals surface area contributed by atoms with Crippen molar-refractivity contribution >= 4 is 0 Å². The molecule has 2 heteroatoms. The standard InChI is InChI=1S/C5H8NO/c1-2-4-6-7-5-3-1/h5-6H,1-2,4H2. The van der Waals surface area contributed by atoms with Crippen LogP contribution in [-0.4, -0.2) is 6.54 Å². The molecule has 0 aromatic rings. The Morgan fingerprint density at radius 2 is 2.71 bits per heavy atom. The van der Waals surface area contributed by atoms with Gasteiger partial charge in [0.25, 0.3) is 0 Å². The van der Waals surface area contributed by atoms with Gasteiger partial charge in [-0.15, -0.1) is 0 Å². The third-order valence-corrected chi connectivity index (χ3v) is 0.826. The van der Waals surface area contributed by atoms with Gasteiger partial charge in [0.05, 0.1) is 0 Å². The van der Waals surface area contributed by atoms with Crippen molar-refractivity contribution in [1.29, 1.82) is 0 Å². The quantitative estimate of drug-likeness (QED) is 0.479. The minimum atomic E-state index is 0.934. The van der Waals surface area contributed by atoms with Crippen LogP contribution in [0.1, 0.15) is 12.8 Å². The molecule has 0 saturated heterocycles. The van der Waals surface area contributed by atoms with Crippen LogP contribution in [0.3, 0.4) is 0 Å². The molecule has 7 heavy (non-hydrogen) atoms. The lowest BCUT2D eigenvalue weighted by atomic mass is 10.3. The topological polar surface area (TPSA) is 21.3 Å². The Kier molecular flexibility index (Phi) is 1.75. The van der Waals surface area contributed by atoms with Gasteiger partial charge in [-0.3, -0.25) is 0 Å². The van der Waals surface area contributed by atoms with Crippen molar-refractivity contribution in [3.05, 3.63) is 12.3 Å². The van der Waals surface area contributed by atoms with Crippen molar-refractivity contribution in [3.63, 3.8) is 0 Å². The Bertz CT molecular complexity index is 62.5. The second-order valence-corrected chi connectivity index (χ2v) is 1.44. The highest BCUT2D eigenvalue weighted by molar-refractivity contribution is 4.65. The molecule has 0 aromatic heterocycles. The van der Waals surface area contributed by atoms with Crippen LogP contribution in [0.25, 0.3) is 0 Å². The van der Waals surface area contributed by atoms with Gasteiger partial charge >= 0.3 is 0 Å². The number of hydrogen-bond acceptors (Lipinski definition) is 2. The van der Waals surface area contributed by atoms with Crippen LogP contribution in [0.4, 0.5) is 0 Å². The summed E-state index contributed by atoms with van der Waals surface area (Å²) >= 11 is 0. The molecule has 1 heterocycles. The van der Waals surface area contributed by atoms with Crippen LogP contribution < -0.4 is 5.48 Å². The average molecular weight is 98.1 g/mol. The Morgan fingerprint density at radius 1 is 1.71 bits per heavy atom. The third kappa shape index (κ3) is 1.59. The first-order valence-corrected chi connectivity index (χ1v) is 2.44. The van der Waals surface area contributed by atoms with Crippen molar-refractivity contribution in [1.82, 2.24) is 5.48 Å². The van der Waals surface area contributed by atoms with E-state index in [0.717, 1.165) is 19.4 Å². The molecule has 0 amide bonds. The summed E-state index contributed by atoms with van der Waals surface area (Å²) < 4.78 is 0. The van der Waals surface area contributed by atoms with E-state index >= 15 is 0 Å². The monoisotopic (exact) mass is 98.1 g/mol. The van der Waals surface area contributed by atoms with Crippen LogP contribution in [0.2, 0.25) is 0 Å². The molecule has 0 bridgehead atoms. The normalized spacial score (nSPS) is 20.6. The van der Waals surface area contributed by atoms with Gasteiger partial charge in [-0.25, -0.2) is 0 Å². The molecule has 39 valence electrons. The molecule has 0 fully saturated rings. The van der Waals surface area contributed by atoms with E-state index in [9.17, 15) is 0 Å². The van der Waals surface area contributed by atoms with E-state index in [2.05, 4.69) is 11.6 Å². The van der Waals surface area contributed by atoms with Gasteiger partial charge in [-0.05, 0) is 18.9 Å². The molecular formula is C5H8NO. The second-order valence-electron chi connectivity index (χ2n) is 1.44. The summed E-state index contributed by atoms with van der Waals surface area (Å²) in [7, 11) is 0. The largest absolute Gasteiger partial charge is 0.416 e. The third-order valence-electron chi connectivity index (χ3n) is 0.826. The highest BCUT2D eigenvalue weighted by atomic mass is 16.6. The minimum Gasteiger partial charge on any atom is -0.416 e. The molecular weight excluding hydrogens is 90.1 g/mol. The summed E-state index contributed by atoms with van der Waals surface area (Å²) in [4.78, 5) is 4.71. The smallest absolute Gasteiger partial charge is 0.114 e. The van der Waals surface area contributed by atoms with Gasteiger partial charge in [-0.2, -0.15) is 5.48 Å². The van der Waals surface area contributed by atoms with E-state index in [1.807, 2.05) is 0 Å². The van der Waals surface area contributed by atoms with Crippen LogP contribution in [0.5, 0.6) is 0 Å². The van der Waals surface area contributed by atoms with Gasteiger partial charge < -0.3 is 4.84 Å². The van der Waals surface area contributed by atoms with E-state index in [1.165, 1.54) is 0 Å². The summed E-state index contributed by atoms with van der Waals surface area (Å²) in [5, 5.41) is 0. The summed E-state index contributed by atoms with van der Waals surface area (Å²) in [5.41, 5.74) is 2.73. The lowest BCUT2D eigenvalue weighted by Crippen LogP contribution is -2.09. The molecule has 1 N–H and O–H groups in total. The summed E-state index contributed by atoms with van der Waals surface area (Å²) in [6.07, 6.45) is 6.63. The molecule has 0 saturated carbocycles. The lowest BCUT2D eigenvalue weighted by molar-refractivity contribution is 0.139. The molecule has 0 spiro atoms. The van der Waals surface area contributed by atoms with Crippen molar-refractivity contribution in [2.45, 2.75) is 12.8 Å². The molecule has 1 aliphatic rings. The molecule has 1 radical (unpaired) electrons. The number of hydroxylamine groups is 1. The van der Waals surface area contributed by atoms with E-state index in [4.69, 9.17) is 4.84 Å². The Hall–Kier alpha value is -0.500. The zero-order chi connectivity index (χ0) is 4.95. The highest BCUT2D eigenvalue weighted by Gasteiger charge is 1.87. The molecule has 0 unspecified atom stereocenters. The Labute approximate surface area is 43.1 Å². The fourth-order valence-electron chi connectivity index (χ4n) is 0.464. The fraction of sp³-hybridized carbons (Fsp3) is 0.600. The zero-order valence-electron chi connectivity index (χ0n) is 4.11. The maximum atomic E-state index is 4.71. The molecule has 0 aliphatic carbocycles. The van der Waals surface area contributed by atoms with Crippen LogP contribution >= 0.6 is 0 Å². The second kappa shape index (κ2) is 2.64. The van der Waals surface area contributed by atoms with Crippen molar-refractivity contribution < 1.29 is 4.84 Å². The molecule has 2 nitrogen and oxygen atoms in total. The molecule has 0 atom stereocenters. The van der Waals surface area contributed by atoms with Crippen LogP contribution in [0, 0.1) is 6.08 Å². The van der Waals surface area contributed by atoms with Gasteiger partial charge in [0.1, 0.15) is 6.26 Å². The zero-order valence-corrected chi connectivity index (χ0v) is 4.11. The van der Waals surface area contributed by atoms with Gasteiger partial charge in [0.15, 0.2) is 0 Å². The Morgan fingerprint density at radius 3 is 3.71 bits per heavy atom. The van der Waals surface area contributed by atoms with Crippen molar-refractivity contribution in [3.8, 4) is 0 Å². The minimum absolute atomic E-state index is 0.934. The van der Waals surface area contributed by atoms with Gasteiger partial charge in [-0.1, -0.05) is 0 Å². The van der Waals surface area contributed by atoms with Crippen LogP contribution in [0.15, 0.2) is 6.26 Å². The maximum Gasteiger partial charge on any atom is 0.114 e. The summed E-state index contributed by atoms with van der Waals surface area (Å²) in [6, 6.07) is 0. The SMILES string of the molecule is [C]1=CONCCC1. The predicted octanol–water partition coefficient (Wildman–Crippen LogP) is 0.618. The highest BCUT2D eigenvalue weighted by Crippen LogP contribution is 1.91. The van der Waals surface area contributed by atoms with Crippen LogP contribution in [-0.2, 0) is 4.84 Å². The Balaban J connectivity index is 2.20. The number of hydrogen-bond donors (Lipinski definition) is 1. The van der Waals surface area contributed by atoms with E-state index < -0.39 is 0 Å². The first-order valence-electron chi connectivity index (χ1n) is 2.44. The van der Waals surface area contributed by atoms with Gasteiger partial charge in [0.2, 0.25) is 0 Å². The maximum absolute atomic E-state index is 4.71. The molecule has 1 rings (SSSR count). The van der Waals surface area contributed by atoms with Gasteiger partial charge in [0, 0.05) is 6.54 Å². The van der Waals surface area contributed by atoms with E-state index in [1.54, 1.807) is 6.26 Å². The average Bonchev–Trinajstić information content (AvgIpc) is 1.90. The first kappa shape index (κ1) is 4.65. The van der Waals surface area contributed by atoms with E-state index in [-0.39, 0.29) is 0 Å². The number of rotatable bonds is 0. The van der Waals surface area contributed by atoms with Crippen molar-refractivity contribution in [2.75, 3.05) is 6.54 Å². The fourth-order valence-corrected chi connectivity index (χ4v) is 0.464. The predicted molar refractivity (Wildman–Crippen MR) is 26.1 cm³/mol. The molecule has 1 aliphatic heterocycles. The van der Waals surface area contributed by atoms with Crippen molar-refractivity contribution in [2.24, 2.45) is 0 Å². The number of allylic oxidation sites excluding steroid dienone is 1. The van der Waals surface area contributed by atoms with E-state index in [0.29, 0.717) is 0 Å². The summed E-state index contributed by atoms with van der Waals surface area (Å²) in [6.45, 7) is 0.934. The summed E-state index contributed by atoms with van der Waals surface area (Å²) in [5.74, 6) is 0. The molecule has 0 aromatic carbocycles. The first-order chi connectivity index (χ1) is 3.50. The number of nitrogens with one attached hydrogen (secondary N) is 1. The lowest BCUT2D eigenvalue weighted by Gasteiger charge is -1.93.